The molecule has 0 spiro atoms. The van der Waals surface area contributed by atoms with Gasteiger partial charge in [-0.25, -0.2) is 0 Å². The molecule has 2 amide bonds. The molecular formula is C15H19BrN2O2. The molecule has 1 N–H and O–H groups in total. The number of hydrogen-bond donors (Lipinski definition) is 1. The van der Waals surface area contributed by atoms with Crippen LogP contribution >= 0.6 is 15.9 Å². The van der Waals surface area contributed by atoms with Gasteiger partial charge in [-0.2, -0.15) is 0 Å². The summed E-state index contributed by atoms with van der Waals surface area (Å²) < 4.78 is 1.01. The minimum atomic E-state index is -0.825. The molecule has 0 bridgehead atoms. The van der Waals surface area contributed by atoms with Crippen LogP contribution in [0.3, 0.4) is 0 Å². The van der Waals surface area contributed by atoms with E-state index in [0.29, 0.717) is 19.4 Å². The minimum Gasteiger partial charge on any atom is -0.342 e. The molecule has 1 aliphatic rings. The van der Waals surface area contributed by atoms with Crippen LogP contribution in [0.5, 0.6) is 0 Å². The third-order valence-electron chi connectivity index (χ3n) is 3.86. The molecule has 0 saturated carbocycles. The zero-order valence-electron chi connectivity index (χ0n) is 12.0. The number of benzene rings is 1. The maximum atomic E-state index is 12.7. The second kappa shape index (κ2) is 5.56. The average Bonchev–Trinajstić information content (AvgIpc) is 2.52. The molecule has 1 heterocycles. The SMILES string of the molecule is CCC1(C)NC(=O)CCN(c2ccc(Br)c(C)c2)C1=O. The van der Waals surface area contributed by atoms with Gasteiger partial charge in [-0.15, -0.1) is 0 Å². The first-order valence-electron chi connectivity index (χ1n) is 6.76. The van der Waals surface area contributed by atoms with Crippen molar-refractivity contribution in [1.82, 2.24) is 5.32 Å². The zero-order valence-corrected chi connectivity index (χ0v) is 13.6. The van der Waals surface area contributed by atoms with Crippen LogP contribution in [0.1, 0.15) is 32.3 Å². The summed E-state index contributed by atoms with van der Waals surface area (Å²) in [4.78, 5) is 26.3. The van der Waals surface area contributed by atoms with E-state index in [1.165, 1.54) is 0 Å². The number of carbonyl (C=O) groups is 2. The lowest BCUT2D eigenvalue weighted by atomic mass is 9.97. The second-order valence-electron chi connectivity index (χ2n) is 5.37. The van der Waals surface area contributed by atoms with Gasteiger partial charge < -0.3 is 10.2 Å². The van der Waals surface area contributed by atoms with E-state index in [0.717, 1.165) is 15.7 Å². The van der Waals surface area contributed by atoms with Gasteiger partial charge in [0, 0.05) is 23.1 Å². The van der Waals surface area contributed by atoms with Crippen LogP contribution in [0.2, 0.25) is 0 Å². The van der Waals surface area contributed by atoms with Gasteiger partial charge in [0.05, 0.1) is 0 Å². The van der Waals surface area contributed by atoms with Crippen molar-refractivity contribution in [3.05, 3.63) is 28.2 Å². The molecule has 0 aromatic heterocycles. The maximum absolute atomic E-state index is 12.7. The van der Waals surface area contributed by atoms with Crippen LogP contribution in [0.4, 0.5) is 5.69 Å². The number of anilines is 1. The molecule has 108 valence electrons. The highest BCUT2D eigenvalue weighted by atomic mass is 79.9. The summed E-state index contributed by atoms with van der Waals surface area (Å²) in [5.74, 6) is -0.119. The van der Waals surface area contributed by atoms with Gasteiger partial charge in [-0.05, 0) is 44.0 Å². The minimum absolute atomic E-state index is 0.0485. The van der Waals surface area contributed by atoms with Gasteiger partial charge in [0.15, 0.2) is 0 Å². The number of nitrogens with zero attached hydrogens (tertiary/aromatic N) is 1. The fraction of sp³-hybridized carbons (Fsp3) is 0.467. The van der Waals surface area contributed by atoms with Crippen molar-refractivity contribution in [2.45, 2.75) is 39.2 Å². The Balaban J connectivity index is 2.41. The van der Waals surface area contributed by atoms with Gasteiger partial charge in [0.25, 0.3) is 5.91 Å². The molecule has 1 aromatic carbocycles. The molecule has 20 heavy (non-hydrogen) atoms. The number of halogens is 1. The molecule has 0 aliphatic carbocycles. The van der Waals surface area contributed by atoms with E-state index >= 15 is 0 Å². The van der Waals surface area contributed by atoms with E-state index in [4.69, 9.17) is 0 Å². The molecule has 1 unspecified atom stereocenters. The third-order valence-corrected chi connectivity index (χ3v) is 4.75. The number of rotatable bonds is 2. The summed E-state index contributed by atoms with van der Waals surface area (Å²) in [5, 5.41) is 2.84. The van der Waals surface area contributed by atoms with Crippen LogP contribution in [-0.4, -0.2) is 23.9 Å². The predicted molar refractivity (Wildman–Crippen MR) is 82.7 cm³/mol. The molecule has 2 rings (SSSR count). The molecule has 0 radical (unpaired) electrons. The van der Waals surface area contributed by atoms with Gasteiger partial charge >= 0.3 is 0 Å². The Bertz CT molecular complexity index is 559. The quantitative estimate of drug-likeness (QED) is 0.901. The van der Waals surface area contributed by atoms with Crippen molar-refractivity contribution in [1.29, 1.82) is 0 Å². The zero-order chi connectivity index (χ0) is 14.9. The Labute approximate surface area is 127 Å². The predicted octanol–water partition coefficient (Wildman–Crippen LogP) is 2.78. The molecule has 1 aliphatic heterocycles. The Morgan fingerprint density at radius 3 is 2.70 bits per heavy atom. The van der Waals surface area contributed by atoms with Gasteiger partial charge in [0.1, 0.15) is 5.54 Å². The van der Waals surface area contributed by atoms with Gasteiger partial charge in [-0.3, -0.25) is 9.59 Å². The van der Waals surface area contributed by atoms with E-state index in [-0.39, 0.29) is 11.8 Å². The molecule has 1 atom stereocenters. The van der Waals surface area contributed by atoms with Crippen molar-refractivity contribution < 1.29 is 9.59 Å². The van der Waals surface area contributed by atoms with Crippen LogP contribution in [0, 0.1) is 6.92 Å². The molecule has 1 saturated heterocycles. The van der Waals surface area contributed by atoms with E-state index in [1.807, 2.05) is 32.0 Å². The lowest BCUT2D eigenvalue weighted by Gasteiger charge is -2.31. The fourth-order valence-corrected chi connectivity index (χ4v) is 2.57. The lowest BCUT2D eigenvalue weighted by molar-refractivity contribution is -0.129. The highest BCUT2D eigenvalue weighted by molar-refractivity contribution is 9.10. The van der Waals surface area contributed by atoms with E-state index in [1.54, 1.807) is 11.8 Å². The van der Waals surface area contributed by atoms with Crippen molar-refractivity contribution >= 4 is 33.4 Å². The Morgan fingerprint density at radius 1 is 1.40 bits per heavy atom. The average molecular weight is 339 g/mol. The lowest BCUT2D eigenvalue weighted by Crippen LogP contribution is -2.54. The molecule has 4 nitrogen and oxygen atoms in total. The van der Waals surface area contributed by atoms with Crippen LogP contribution < -0.4 is 10.2 Å². The van der Waals surface area contributed by atoms with Gasteiger partial charge in [-0.1, -0.05) is 22.9 Å². The fourth-order valence-electron chi connectivity index (χ4n) is 2.32. The van der Waals surface area contributed by atoms with Crippen LogP contribution in [-0.2, 0) is 9.59 Å². The topological polar surface area (TPSA) is 49.4 Å². The first kappa shape index (κ1) is 15.0. The maximum Gasteiger partial charge on any atom is 0.252 e. The summed E-state index contributed by atoms with van der Waals surface area (Å²) in [6.07, 6.45) is 0.903. The highest BCUT2D eigenvalue weighted by Crippen LogP contribution is 2.27. The number of hydrogen-bond acceptors (Lipinski definition) is 2. The van der Waals surface area contributed by atoms with Crippen molar-refractivity contribution in [3.8, 4) is 0 Å². The second-order valence-corrected chi connectivity index (χ2v) is 6.23. The third kappa shape index (κ3) is 2.73. The number of carbonyl (C=O) groups excluding carboxylic acids is 2. The first-order chi connectivity index (χ1) is 9.37. The van der Waals surface area contributed by atoms with Crippen LogP contribution in [0.25, 0.3) is 0 Å². The number of amides is 2. The van der Waals surface area contributed by atoms with Crippen molar-refractivity contribution in [3.63, 3.8) is 0 Å². The Morgan fingerprint density at radius 2 is 2.10 bits per heavy atom. The Hall–Kier alpha value is -1.36. The number of nitrogens with one attached hydrogen (secondary N) is 1. The largest absolute Gasteiger partial charge is 0.342 e. The summed E-state index contributed by atoms with van der Waals surface area (Å²) in [6, 6.07) is 5.80. The first-order valence-corrected chi connectivity index (χ1v) is 7.56. The summed E-state index contributed by atoms with van der Waals surface area (Å²) in [5.41, 5.74) is 1.08. The molecule has 5 heteroatoms. The normalized spacial score (nSPS) is 23.5. The monoisotopic (exact) mass is 338 g/mol. The van der Waals surface area contributed by atoms with Gasteiger partial charge in [0.2, 0.25) is 5.91 Å². The molecule has 1 aromatic rings. The van der Waals surface area contributed by atoms with Crippen molar-refractivity contribution in [2.24, 2.45) is 0 Å². The van der Waals surface area contributed by atoms with E-state index < -0.39 is 5.54 Å². The Kier molecular flexibility index (Phi) is 4.18. The smallest absolute Gasteiger partial charge is 0.252 e. The molecular weight excluding hydrogens is 320 g/mol. The summed E-state index contributed by atoms with van der Waals surface area (Å²) in [6.45, 7) is 6.10. The standard InChI is InChI=1S/C15H19BrN2O2/c1-4-15(3)14(20)18(8-7-13(19)17-15)11-5-6-12(16)10(2)9-11/h5-6,9H,4,7-8H2,1-3H3,(H,17,19). The summed E-state index contributed by atoms with van der Waals surface area (Å²) in [7, 11) is 0. The summed E-state index contributed by atoms with van der Waals surface area (Å²) >= 11 is 3.46. The van der Waals surface area contributed by atoms with E-state index in [2.05, 4.69) is 21.2 Å². The van der Waals surface area contributed by atoms with Crippen LogP contribution in [0.15, 0.2) is 22.7 Å². The van der Waals surface area contributed by atoms with E-state index in [9.17, 15) is 9.59 Å². The van der Waals surface area contributed by atoms with Crippen molar-refractivity contribution in [2.75, 3.05) is 11.4 Å². The number of aryl methyl sites for hydroxylation is 1. The molecule has 1 fully saturated rings. The highest BCUT2D eigenvalue weighted by Gasteiger charge is 2.39.